The van der Waals surface area contributed by atoms with E-state index in [1.165, 1.54) is 17.7 Å². The molecule has 1 amide bonds. The molecule has 3 aromatic heterocycles. The number of amides is 1. The van der Waals surface area contributed by atoms with Crippen LogP contribution in [0.4, 0.5) is 5.82 Å². The number of rotatable bonds is 7. The van der Waals surface area contributed by atoms with Gasteiger partial charge in [0.25, 0.3) is 5.91 Å². The number of nitrogens with two attached hydrogens (primary N) is 1. The number of carbonyl (C=O) groups is 1. The largest absolute Gasteiger partial charge is 0.366 e. The predicted molar refractivity (Wildman–Crippen MR) is 115 cm³/mol. The minimum absolute atomic E-state index is 0.209. The first-order valence-electron chi connectivity index (χ1n) is 10.3. The summed E-state index contributed by atoms with van der Waals surface area (Å²) < 4.78 is 0. The second-order valence-electron chi connectivity index (χ2n) is 8.43. The number of pyridine rings is 1. The van der Waals surface area contributed by atoms with E-state index in [2.05, 4.69) is 44.3 Å². The van der Waals surface area contributed by atoms with Crippen molar-refractivity contribution in [3.8, 4) is 11.3 Å². The van der Waals surface area contributed by atoms with Crippen LogP contribution in [-0.2, 0) is 19.4 Å². The van der Waals surface area contributed by atoms with Gasteiger partial charge in [-0.3, -0.25) is 9.89 Å². The van der Waals surface area contributed by atoms with Gasteiger partial charge in [0, 0.05) is 41.3 Å². The molecular formula is C22H27N7O. The van der Waals surface area contributed by atoms with Gasteiger partial charge in [-0.1, -0.05) is 20.3 Å². The van der Waals surface area contributed by atoms with Crippen LogP contribution < -0.4 is 11.1 Å². The zero-order chi connectivity index (χ0) is 21.3. The maximum atomic E-state index is 11.9. The van der Waals surface area contributed by atoms with E-state index in [4.69, 9.17) is 5.73 Å². The molecule has 8 heteroatoms. The van der Waals surface area contributed by atoms with Crippen molar-refractivity contribution in [2.75, 3.05) is 5.32 Å². The maximum Gasteiger partial charge on any atom is 0.267 e. The minimum atomic E-state index is -0.568. The van der Waals surface area contributed by atoms with Crippen LogP contribution in [0, 0.1) is 12.3 Å². The number of aromatic nitrogens is 5. The molecule has 1 aliphatic carbocycles. The molecule has 156 valence electrons. The number of nitrogens with zero attached hydrogens (tertiary/aromatic N) is 4. The zero-order valence-corrected chi connectivity index (χ0v) is 17.6. The van der Waals surface area contributed by atoms with Crippen molar-refractivity contribution in [2.45, 2.75) is 53.0 Å². The Labute approximate surface area is 175 Å². The summed E-state index contributed by atoms with van der Waals surface area (Å²) in [5.41, 5.74) is 11.0. The van der Waals surface area contributed by atoms with Crippen molar-refractivity contribution in [3.63, 3.8) is 0 Å². The number of hydrogen-bond acceptors (Lipinski definition) is 6. The normalized spacial score (nSPS) is 17.7. The Morgan fingerprint density at radius 1 is 1.27 bits per heavy atom. The smallest absolute Gasteiger partial charge is 0.267 e. The lowest BCUT2D eigenvalue weighted by Gasteiger charge is -2.22. The Morgan fingerprint density at radius 3 is 2.73 bits per heavy atom. The number of nitrogens with one attached hydrogen (secondary N) is 2. The Hall–Kier alpha value is -3.29. The summed E-state index contributed by atoms with van der Waals surface area (Å²) in [6.45, 7) is 6.87. The Kier molecular flexibility index (Phi) is 5.24. The molecule has 0 saturated carbocycles. The van der Waals surface area contributed by atoms with Crippen LogP contribution in [0.2, 0.25) is 0 Å². The van der Waals surface area contributed by atoms with Gasteiger partial charge < -0.3 is 11.1 Å². The average molecular weight is 406 g/mol. The molecular weight excluding hydrogens is 378 g/mol. The fraction of sp³-hybridized carbons (Fsp3) is 0.409. The fourth-order valence-electron chi connectivity index (χ4n) is 4.26. The van der Waals surface area contributed by atoms with Crippen LogP contribution in [-0.4, -0.2) is 31.1 Å². The van der Waals surface area contributed by atoms with E-state index >= 15 is 0 Å². The molecule has 4 rings (SSSR count). The first-order valence-corrected chi connectivity index (χ1v) is 10.3. The fourth-order valence-corrected chi connectivity index (χ4v) is 4.26. The third kappa shape index (κ3) is 4.03. The van der Waals surface area contributed by atoms with Gasteiger partial charge in [-0.25, -0.2) is 15.0 Å². The van der Waals surface area contributed by atoms with Gasteiger partial charge in [0.2, 0.25) is 0 Å². The molecule has 1 atom stereocenters. The van der Waals surface area contributed by atoms with Crippen LogP contribution in [0.1, 0.15) is 59.8 Å². The lowest BCUT2D eigenvalue weighted by Crippen LogP contribution is -2.17. The molecule has 8 nitrogen and oxygen atoms in total. The highest BCUT2D eigenvalue weighted by atomic mass is 16.1. The van der Waals surface area contributed by atoms with Gasteiger partial charge in [-0.05, 0) is 43.7 Å². The zero-order valence-electron chi connectivity index (χ0n) is 17.6. The van der Waals surface area contributed by atoms with E-state index in [9.17, 15) is 4.79 Å². The third-order valence-electron chi connectivity index (χ3n) is 5.67. The van der Waals surface area contributed by atoms with Crippen molar-refractivity contribution in [3.05, 3.63) is 52.9 Å². The molecule has 0 radical (unpaired) electrons. The number of anilines is 1. The number of carbonyl (C=O) groups excluding carboxylic acids is 1. The standard InChI is InChI=1S/C22H27N7O/c1-4-5-22(3)8-16-18(9-22)28-29-20(16)15-6-17(21(23)30)27-19(7-15)26-12-14-10-24-13(2)25-11-14/h6-7,10-11H,4-5,8-9,12H2,1-3H3,(H2,23,30)(H,26,27)(H,28,29)/t22-/m0/s1. The van der Waals surface area contributed by atoms with Gasteiger partial charge in [0.15, 0.2) is 0 Å². The molecule has 0 aliphatic heterocycles. The SMILES string of the molecule is CCC[C@]1(C)Cc2[nH]nc(-c3cc(NCc4cnc(C)nc4)nc(C(N)=O)c3)c2C1. The minimum Gasteiger partial charge on any atom is -0.366 e. The summed E-state index contributed by atoms with van der Waals surface area (Å²) in [5, 5.41) is 11.0. The molecule has 0 spiro atoms. The molecule has 3 aromatic rings. The lowest BCUT2D eigenvalue weighted by atomic mass is 9.82. The quantitative estimate of drug-likeness (QED) is 0.555. The van der Waals surface area contributed by atoms with Gasteiger partial charge in [-0.15, -0.1) is 0 Å². The van der Waals surface area contributed by atoms with E-state index in [0.717, 1.165) is 41.9 Å². The van der Waals surface area contributed by atoms with Crippen LogP contribution in [0.3, 0.4) is 0 Å². The number of fused-ring (bicyclic) bond motifs is 1. The lowest BCUT2D eigenvalue weighted by molar-refractivity contribution is 0.0995. The van der Waals surface area contributed by atoms with Crippen LogP contribution in [0.5, 0.6) is 0 Å². The second kappa shape index (κ2) is 7.85. The molecule has 0 bridgehead atoms. The first kappa shape index (κ1) is 20.0. The maximum absolute atomic E-state index is 11.9. The number of H-pyrrole nitrogens is 1. The highest BCUT2D eigenvalue weighted by Crippen LogP contribution is 2.43. The third-order valence-corrected chi connectivity index (χ3v) is 5.67. The van der Waals surface area contributed by atoms with Crippen molar-refractivity contribution >= 4 is 11.7 Å². The van der Waals surface area contributed by atoms with Gasteiger partial charge >= 0.3 is 0 Å². The summed E-state index contributed by atoms with van der Waals surface area (Å²) in [6, 6.07) is 3.63. The van der Waals surface area contributed by atoms with Crippen LogP contribution >= 0.6 is 0 Å². The molecule has 0 fully saturated rings. The molecule has 4 N–H and O–H groups in total. The topological polar surface area (TPSA) is 122 Å². The summed E-state index contributed by atoms with van der Waals surface area (Å²) in [6.07, 6.45) is 7.83. The molecule has 0 aromatic carbocycles. The monoisotopic (exact) mass is 405 g/mol. The van der Waals surface area contributed by atoms with E-state index in [1.54, 1.807) is 18.5 Å². The number of hydrogen-bond donors (Lipinski definition) is 3. The van der Waals surface area contributed by atoms with Crippen molar-refractivity contribution in [1.82, 2.24) is 25.1 Å². The number of primary amides is 1. The molecule has 3 heterocycles. The van der Waals surface area contributed by atoms with E-state index in [1.807, 2.05) is 13.0 Å². The highest BCUT2D eigenvalue weighted by Gasteiger charge is 2.35. The Bertz CT molecular complexity index is 1070. The van der Waals surface area contributed by atoms with Crippen LogP contribution in [0.15, 0.2) is 24.5 Å². The molecule has 30 heavy (non-hydrogen) atoms. The van der Waals surface area contributed by atoms with Crippen LogP contribution in [0.25, 0.3) is 11.3 Å². The second-order valence-corrected chi connectivity index (χ2v) is 8.43. The summed E-state index contributed by atoms with van der Waals surface area (Å²) in [4.78, 5) is 24.7. The Balaban J connectivity index is 1.63. The summed E-state index contributed by atoms with van der Waals surface area (Å²) in [5.74, 6) is 0.715. The van der Waals surface area contributed by atoms with E-state index in [-0.39, 0.29) is 11.1 Å². The van der Waals surface area contributed by atoms with E-state index in [0.29, 0.717) is 12.4 Å². The summed E-state index contributed by atoms with van der Waals surface area (Å²) in [7, 11) is 0. The predicted octanol–water partition coefficient (Wildman–Crippen LogP) is 3.19. The Morgan fingerprint density at radius 2 is 2.03 bits per heavy atom. The molecule has 0 unspecified atom stereocenters. The van der Waals surface area contributed by atoms with Crippen molar-refractivity contribution < 1.29 is 4.79 Å². The molecule has 0 saturated heterocycles. The van der Waals surface area contributed by atoms with Gasteiger partial charge in [-0.2, -0.15) is 5.10 Å². The first-order chi connectivity index (χ1) is 14.4. The van der Waals surface area contributed by atoms with Crippen molar-refractivity contribution in [1.29, 1.82) is 0 Å². The number of aromatic amines is 1. The number of aryl methyl sites for hydroxylation is 1. The average Bonchev–Trinajstić information content (AvgIpc) is 3.23. The highest BCUT2D eigenvalue weighted by molar-refractivity contribution is 5.92. The van der Waals surface area contributed by atoms with Gasteiger partial charge in [0.1, 0.15) is 17.3 Å². The molecule has 1 aliphatic rings. The van der Waals surface area contributed by atoms with Crippen molar-refractivity contribution in [2.24, 2.45) is 11.1 Å². The van der Waals surface area contributed by atoms with E-state index < -0.39 is 5.91 Å². The summed E-state index contributed by atoms with van der Waals surface area (Å²) >= 11 is 0. The van der Waals surface area contributed by atoms with Gasteiger partial charge in [0.05, 0.1) is 5.69 Å².